The van der Waals surface area contributed by atoms with Gasteiger partial charge in [0.05, 0.1) is 0 Å². The largest absolute Gasteiger partial charge is 0.508 e. The van der Waals surface area contributed by atoms with E-state index in [9.17, 15) is 9.90 Å². The highest BCUT2D eigenvalue weighted by atomic mass is 32.2. The van der Waals surface area contributed by atoms with Gasteiger partial charge in [-0.05, 0) is 94.2 Å². The molecule has 0 aliphatic carbocycles. The molecule has 6 heteroatoms. The Balaban J connectivity index is 0.000000856. The van der Waals surface area contributed by atoms with Gasteiger partial charge in [0.15, 0.2) is 5.78 Å². The number of aliphatic hydroxyl groups is 1. The van der Waals surface area contributed by atoms with Crippen molar-refractivity contribution in [2.24, 2.45) is 0 Å². The molecule has 0 atom stereocenters. The first kappa shape index (κ1) is 34.2. The van der Waals surface area contributed by atoms with Crippen LogP contribution in [-0.4, -0.2) is 60.0 Å². The number of thioether (sulfide) groups is 1. The Morgan fingerprint density at radius 2 is 1.51 bits per heavy atom. The van der Waals surface area contributed by atoms with E-state index in [0.717, 1.165) is 46.8 Å². The topological polar surface area (TPSA) is 70.0 Å². The van der Waals surface area contributed by atoms with E-state index in [0.29, 0.717) is 12.2 Å². The second-order valence-corrected chi connectivity index (χ2v) is 9.61. The Bertz CT molecular complexity index is 1050. The number of allylic oxidation sites excluding steroid dienone is 4. The van der Waals surface area contributed by atoms with Crippen LogP contribution in [0, 0.1) is 0 Å². The quantitative estimate of drug-likeness (QED) is 0.270. The molecule has 4 rings (SSSR count). The lowest BCUT2D eigenvalue weighted by Gasteiger charge is -2.26. The summed E-state index contributed by atoms with van der Waals surface area (Å²) >= 11 is 1.67. The third kappa shape index (κ3) is 11.1. The second-order valence-electron chi connectivity index (χ2n) is 8.62. The summed E-state index contributed by atoms with van der Waals surface area (Å²) in [5.74, 6) is 1.84. The molecule has 0 aromatic heterocycles. The number of ketones is 1. The number of carbonyl (C=O) groups excluding carboxylic acids is 1. The van der Waals surface area contributed by atoms with Crippen LogP contribution in [0.4, 0.5) is 0 Å². The molecule has 39 heavy (non-hydrogen) atoms. The number of ether oxygens (including phenoxy) is 1. The lowest BCUT2D eigenvalue weighted by atomic mass is 9.95. The minimum absolute atomic E-state index is 0.0287. The average molecular weight is 554 g/mol. The zero-order valence-electron chi connectivity index (χ0n) is 24.6. The monoisotopic (exact) mass is 553 g/mol. The van der Waals surface area contributed by atoms with Crippen LogP contribution >= 0.6 is 11.8 Å². The highest BCUT2D eigenvalue weighted by molar-refractivity contribution is 8.09. The fraction of sp³-hybridized carbons (Fsp3) is 0.424. The van der Waals surface area contributed by atoms with E-state index >= 15 is 0 Å². The van der Waals surface area contributed by atoms with Crippen molar-refractivity contribution in [3.05, 3.63) is 89.0 Å². The number of phenolic OH excluding ortho intramolecular Hbond substituents is 1. The zero-order chi connectivity index (χ0) is 29.0. The molecular weight excluding hydrogens is 506 g/mol. The SMILES string of the molecule is C/C=C1\CSC(c2ccc(O)cc2)=C1C(=O)c1ccc(OCCN2CCCCC2)cc1.C/C=C\C.CC.CO. The molecule has 0 bridgehead atoms. The lowest BCUT2D eigenvalue weighted by Crippen LogP contribution is -2.33. The Labute approximate surface area is 240 Å². The minimum atomic E-state index is 0.0287. The molecule has 1 fully saturated rings. The maximum absolute atomic E-state index is 13.4. The van der Waals surface area contributed by atoms with Gasteiger partial charge in [-0.1, -0.05) is 50.6 Å². The number of likely N-dealkylation sites (tertiary alicyclic amines) is 1. The predicted octanol–water partition coefficient (Wildman–Crippen LogP) is 7.76. The summed E-state index contributed by atoms with van der Waals surface area (Å²) in [5, 5.41) is 16.6. The molecule has 2 aliphatic rings. The minimum Gasteiger partial charge on any atom is -0.508 e. The van der Waals surface area contributed by atoms with E-state index in [1.54, 1.807) is 23.9 Å². The third-order valence-corrected chi connectivity index (χ3v) is 7.38. The predicted molar refractivity (Wildman–Crippen MR) is 168 cm³/mol. The van der Waals surface area contributed by atoms with E-state index in [1.807, 2.05) is 89.2 Å². The van der Waals surface area contributed by atoms with Crippen molar-refractivity contribution in [2.45, 2.75) is 53.9 Å². The van der Waals surface area contributed by atoms with E-state index in [4.69, 9.17) is 9.84 Å². The Morgan fingerprint density at radius 3 is 2.05 bits per heavy atom. The van der Waals surface area contributed by atoms with Crippen molar-refractivity contribution < 1.29 is 19.7 Å². The second kappa shape index (κ2) is 20.2. The number of aliphatic hydroxyl groups excluding tert-OH is 1. The molecule has 2 aromatic carbocycles. The molecular formula is C33H47NO4S. The molecule has 1 saturated heterocycles. The van der Waals surface area contributed by atoms with Gasteiger partial charge in [0.25, 0.3) is 0 Å². The fourth-order valence-electron chi connectivity index (χ4n) is 4.08. The van der Waals surface area contributed by atoms with Gasteiger partial charge in [-0.25, -0.2) is 0 Å². The van der Waals surface area contributed by atoms with Gasteiger partial charge in [-0.3, -0.25) is 9.69 Å². The molecule has 0 unspecified atom stereocenters. The number of phenols is 1. The normalized spacial score (nSPS) is 16.0. The number of hydrogen-bond donors (Lipinski definition) is 2. The number of benzene rings is 2. The number of rotatable bonds is 7. The molecule has 0 amide bonds. The molecule has 2 aromatic rings. The third-order valence-electron chi connectivity index (χ3n) is 6.20. The van der Waals surface area contributed by atoms with Gasteiger partial charge in [-0.15, -0.1) is 11.8 Å². The molecule has 0 radical (unpaired) electrons. The number of hydrogen-bond acceptors (Lipinski definition) is 6. The molecule has 0 spiro atoms. The summed E-state index contributed by atoms with van der Waals surface area (Å²) in [4.78, 5) is 16.8. The Hall–Kier alpha value is -2.80. The molecule has 2 aliphatic heterocycles. The first-order chi connectivity index (χ1) is 19.1. The number of carbonyl (C=O) groups is 1. The maximum atomic E-state index is 13.4. The summed E-state index contributed by atoms with van der Waals surface area (Å²) in [6.07, 6.45) is 9.92. The van der Waals surface area contributed by atoms with Gasteiger partial charge in [0.2, 0.25) is 0 Å². The van der Waals surface area contributed by atoms with Crippen LogP contribution in [0.25, 0.3) is 4.91 Å². The average Bonchev–Trinajstić information content (AvgIpc) is 3.44. The van der Waals surface area contributed by atoms with E-state index in [2.05, 4.69) is 4.90 Å². The van der Waals surface area contributed by atoms with Gasteiger partial charge in [-0.2, -0.15) is 0 Å². The van der Waals surface area contributed by atoms with Gasteiger partial charge in [0, 0.05) is 35.4 Å². The van der Waals surface area contributed by atoms with Crippen LogP contribution in [0.2, 0.25) is 0 Å². The molecule has 2 heterocycles. The molecule has 5 nitrogen and oxygen atoms in total. The van der Waals surface area contributed by atoms with Crippen molar-refractivity contribution in [3.63, 3.8) is 0 Å². The lowest BCUT2D eigenvalue weighted by molar-refractivity contribution is 0.103. The van der Waals surface area contributed by atoms with Crippen molar-refractivity contribution >= 4 is 22.5 Å². The smallest absolute Gasteiger partial charge is 0.194 e. The molecule has 214 valence electrons. The van der Waals surface area contributed by atoms with Crippen molar-refractivity contribution in [2.75, 3.05) is 39.1 Å². The van der Waals surface area contributed by atoms with Crippen molar-refractivity contribution in [1.82, 2.24) is 4.90 Å². The number of aromatic hydroxyl groups is 1. The van der Waals surface area contributed by atoms with Crippen molar-refractivity contribution in [3.8, 4) is 11.5 Å². The number of piperidine rings is 1. The zero-order valence-corrected chi connectivity index (χ0v) is 25.4. The summed E-state index contributed by atoms with van der Waals surface area (Å²) < 4.78 is 5.91. The summed E-state index contributed by atoms with van der Waals surface area (Å²) in [6.45, 7) is 13.9. The maximum Gasteiger partial charge on any atom is 0.194 e. The van der Waals surface area contributed by atoms with Gasteiger partial charge >= 0.3 is 0 Å². The van der Waals surface area contributed by atoms with Crippen molar-refractivity contribution in [1.29, 1.82) is 0 Å². The van der Waals surface area contributed by atoms with Gasteiger partial charge in [0.1, 0.15) is 18.1 Å². The molecule has 2 N–H and O–H groups in total. The Morgan fingerprint density at radius 1 is 0.923 bits per heavy atom. The van der Waals surface area contributed by atoms with E-state index in [-0.39, 0.29) is 11.5 Å². The fourth-order valence-corrected chi connectivity index (χ4v) is 5.36. The summed E-state index contributed by atoms with van der Waals surface area (Å²) in [5.41, 5.74) is 3.44. The number of Topliss-reactive ketones (excluding diaryl/α,β-unsaturated/α-hetero) is 1. The first-order valence-corrected chi connectivity index (χ1v) is 14.9. The van der Waals surface area contributed by atoms with Crippen LogP contribution in [0.5, 0.6) is 11.5 Å². The molecule has 0 saturated carbocycles. The van der Waals surface area contributed by atoms with Crippen LogP contribution in [0.3, 0.4) is 0 Å². The van der Waals surface area contributed by atoms with E-state index in [1.165, 1.54) is 32.4 Å². The standard InChI is InChI=1S/C26H29NO3S.C4H8.C2H6.CH4O/c1-2-19-18-31-26(21-6-10-22(28)11-7-21)24(19)25(29)20-8-12-23(13-9-20)30-17-16-27-14-4-3-5-15-27;1-3-4-2;2*1-2/h2,6-13,28H,3-5,14-18H2,1H3;3-4H,1-2H3;1-2H3;2H,1H3/b19-2+;4-3-;;. The van der Waals surface area contributed by atoms with Crippen LogP contribution in [-0.2, 0) is 0 Å². The van der Waals surface area contributed by atoms with Crippen LogP contribution in [0.15, 0.2) is 77.9 Å². The highest BCUT2D eigenvalue weighted by Gasteiger charge is 2.27. The first-order valence-electron chi connectivity index (χ1n) is 13.9. The highest BCUT2D eigenvalue weighted by Crippen LogP contribution is 2.43. The van der Waals surface area contributed by atoms with Crippen LogP contribution < -0.4 is 4.74 Å². The summed E-state index contributed by atoms with van der Waals surface area (Å²) in [7, 11) is 1.00. The number of nitrogens with zero attached hydrogens (tertiary/aromatic N) is 1. The van der Waals surface area contributed by atoms with E-state index < -0.39 is 0 Å². The Kier molecular flexibility index (Phi) is 17.7. The van der Waals surface area contributed by atoms with Crippen LogP contribution in [0.1, 0.15) is 69.8 Å². The van der Waals surface area contributed by atoms with Gasteiger partial charge < -0.3 is 14.9 Å². The summed E-state index contributed by atoms with van der Waals surface area (Å²) in [6, 6.07) is 14.5.